The molecule has 0 saturated heterocycles. The molecule has 1 aliphatic heterocycles. The van der Waals surface area contributed by atoms with Crippen LogP contribution in [-0.2, 0) is 0 Å². The first-order chi connectivity index (χ1) is 17.8. The maximum Gasteiger partial charge on any atom is 0.101 e. The molecule has 1 unspecified atom stereocenters. The molecule has 0 spiro atoms. The maximum absolute atomic E-state index is 2.68. The van der Waals surface area contributed by atoms with Gasteiger partial charge in [0.1, 0.15) is 6.17 Å². The lowest BCUT2D eigenvalue weighted by atomic mass is 10.0. The Morgan fingerprint density at radius 3 is 1.00 bits per heavy atom. The number of unbranched alkanes of at least 4 members (excludes halogenated alkanes) is 22. The van der Waals surface area contributed by atoms with Gasteiger partial charge in [0.25, 0.3) is 0 Å². The van der Waals surface area contributed by atoms with Crippen LogP contribution in [0.2, 0.25) is 0 Å². The van der Waals surface area contributed by atoms with Crippen molar-refractivity contribution in [1.82, 2.24) is 9.80 Å². The number of nitrogens with zero attached hydrogens (tertiary/aromatic N) is 2. The Bertz CT molecular complexity index is 460. The Hall–Kier alpha value is -0.660. The Kier molecular flexibility index (Phi) is 24.1. The maximum atomic E-state index is 2.68. The summed E-state index contributed by atoms with van der Waals surface area (Å²) in [5, 5.41) is 0. The van der Waals surface area contributed by atoms with Crippen LogP contribution in [0.1, 0.15) is 188 Å². The van der Waals surface area contributed by atoms with Gasteiger partial charge >= 0.3 is 0 Å². The Morgan fingerprint density at radius 2 is 0.639 bits per heavy atom. The molecule has 0 bridgehead atoms. The smallest absolute Gasteiger partial charge is 0.101 e. The van der Waals surface area contributed by atoms with Gasteiger partial charge in [-0.3, -0.25) is 0 Å². The molecular weight excluding hydrogens is 436 g/mol. The third kappa shape index (κ3) is 18.6. The highest BCUT2D eigenvalue weighted by Crippen LogP contribution is 2.23. The molecule has 0 N–H and O–H groups in total. The van der Waals surface area contributed by atoms with Gasteiger partial charge in [-0.2, -0.15) is 0 Å². The minimum absolute atomic E-state index is 0.643. The number of rotatable bonds is 28. The van der Waals surface area contributed by atoms with Crippen LogP contribution >= 0.6 is 0 Å². The lowest BCUT2D eigenvalue weighted by Gasteiger charge is -2.33. The Balaban J connectivity index is 2.05. The minimum atomic E-state index is 0.643. The molecule has 0 amide bonds. The van der Waals surface area contributed by atoms with Crippen molar-refractivity contribution < 1.29 is 0 Å². The second-order valence-electron chi connectivity index (χ2n) is 11.8. The zero-order valence-electron chi connectivity index (χ0n) is 25.4. The summed E-state index contributed by atoms with van der Waals surface area (Å²) in [5.74, 6) is 0. The first-order valence-corrected chi connectivity index (χ1v) is 17.0. The quantitative estimate of drug-likeness (QED) is 0.0977. The first-order valence-electron chi connectivity index (χ1n) is 17.0. The van der Waals surface area contributed by atoms with E-state index in [1.165, 1.54) is 180 Å². The fraction of sp³-hybridized carbons (Fsp3) is 0.941. The summed E-state index contributed by atoms with van der Waals surface area (Å²) >= 11 is 0. The van der Waals surface area contributed by atoms with Gasteiger partial charge in [0.05, 0.1) is 0 Å². The molecule has 0 aromatic carbocycles. The van der Waals surface area contributed by atoms with Crippen molar-refractivity contribution in [1.29, 1.82) is 0 Å². The minimum Gasteiger partial charge on any atom is -0.356 e. The average Bonchev–Trinajstić information content (AvgIpc) is 3.27. The lowest BCUT2D eigenvalue weighted by molar-refractivity contribution is 0.135. The summed E-state index contributed by atoms with van der Waals surface area (Å²) in [6.45, 7) is 9.46. The van der Waals surface area contributed by atoms with Crippen LogP contribution in [0.3, 0.4) is 0 Å². The molecule has 2 heteroatoms. The van der Waals surface area contributed by atoms with Crippen molar-refractivity contribution in [2.45, 2.75) is 194 Å². The highest BCUT2D eigenvalue weighted by atomic mass is 15.4. The number of hydrogen-bond donors (Lipinski definition) is 0. The Labute approximate surface area is 229 Å². The van der Waals surface area contributed by atoms with Crippen molar-refractivity contribution in [3.63, 3.8) is 0 Å². The molecule has 0 aromatic rings. The van der Waals surface area contributed by atoms with E-state index in [1.807, 2.05) is 0 Å². The largest absolute Gasteiger partial charge is 0.356 e. The fourth-order valence-electron chi connectivity index (χ4n) is 5.83. The molecule has 0 saturated carbocycles. The normalized spacial score (nSPS) is 15.5. The SMILES string of the molecule is CCCCCCCCCCCCCCCCCCN1C=CN(CCCCCC)C1CCCCCCC. The van der Waals surface area contributed by atoms with Crippen molar-refractivity contribution >= 4 is 0 Å². The topological polar surface area (TPSA) is 6.48 Å². The van der Waals surface area contributed by atoms with E-state index in [2.05, 4.69) is 43.0 Å². The molecule has 1 atom stereocenters. The van der Waals surface area contributed by atoms with E-state index < -0.39 is 0 Å². The van der Waals surface area contributed by atoms with Crippen LogP contribution in [0, 0.1) is 0 Å². The molecule has 0 aliphatic carbocycles. The summed E-state index contributed by atoms with van der Waals surface area (Å²) in [6.07, 6.45) is 42.5. The van der Waals surface area contributed by atoms with Crippen molar-refractivity contribution in [3.8, 4) is 0 Å². The van der Waals surface area contributed by atoms with Gasteiger partial charge in [0.15, 0.2) is 0 Å². The monoisotopic (exact) mass is 505 g/mol. The van der Waals surface area contributed by atoms with Crippen LogP contribution in [0.5, 0.6) is 0 Å². The lowest BCUT2D eigenvalue weighted by Crippen LogP contribution is -2.39. The van der Waals surface area contributed by atoms with E-state index in [0.717, 1.165) is 0 Å². The standard InChI is InChI=1S/C34H68N2/c1-4-7-10-13-14-15-16-17-18-19-20-21-22-23-25-28-31-36-33-32-35(30-27-12-9-6-3)34(36)29-26-24-11-8-5-2/h32-34H,4-31H2,1-3H3. The van der Waals surface area contributed by atoms with Gasteiger partial charge in [-0.1, -0.05) is 162 Å². The van der Waals surface area contributed by atoms with Crippen molar-refractivity contribution in [2.24, 2.45) is 0 Å². The van der Waals surface area contributed by atoms with Crippen LogP contribution in [-0.4, -0.2) is 29.1 Å². The van der Waals surface area contributed by atoms with E-state index in [4.69, 9.17) is 0 Å². The molecule has 1 rings (SSSR count). The van der Waals surface area contributed by atoms with E-state index in [0.29, 0.717) is 6.17 Å². The molecule has 214 valence electrons. The van der Waals surface area contributed by atoms with Gasteiger partial charge < -0.3 is 9.80 Å². The molecule has 2 nitrogen and oxygen atoms in total. The predicted molar refractivity (Wildman–Crippen MR) is 163 cm³/mol. The summed E-state index contributed by atoms with van der Waals surface area (Å²) in [4.78, 5) is 5.35. The summed E-state index contributed by atoms with van der Waals surface area (Å²) in [6, 6.07) is 0. The fourth-order valence-corrected chi connectivity index (χ4v) is 5.83. The Morgan fingerprint density at radius 1 is 0.361 bits per heavy atom. The molecule has 0 fully saturated rings. The average molecular weight is 505 g/mol. The molecule has 1 aliphatic rings. The second-order valence-corrected chi connectivity index (χ2v) is 11.8. The van der Waals surface area contributed by atoms with Gasteiger partial charge in [0.2, 0.25) is 0 Å². The highest BCUT2D eigenvalue weighted by molar-refractivity contribution is 4.97. The zero-order valence-corrected chi connectivity index (χ0v) is 25.4. The molecule has 1 heterocycles. The summed E-state index contributed by atoms with van der Waals surface area (Å²) < 4.78 is 0. The third-order valence-corrected chi connectivity index (χ3v) is 8.32. The predicted octanol–water partition coefficient (Wildman–Crippen LogP) is 11.6. The summed E-state index contributed by atoms with van der Waals surface area (Å²) in [5.41, 5.74) is 0. The van der Waals surface area contributed by atoms with E-state index in [1.54, 1.807) is 0 Å². The first kappa shape index (κ1) is 33.4. The van der Waals surface area contributed by atoms with Gasteiger partial charge in [-0.05, 0) is 25.7 Å². The molecular formula is C34H68N2. The number of hydrogen-bond acceptors (Lipinski definition) is 2. The van der Waals surface area contributed by atoms with Crippen molar-refractivity contribution in [3.05, 3.63) is 12.4 Å². The van der Waals surface area contributed by atoms with E-state index >= 15 is 0 Å². The van der Waals surface area contributed by atoms with Gasteiger partial charge in [0, 0.05) is 25.5 Å². The molecule has 0 radical (unpaired) electrons. The van der Waals surface area contributed by atoms with Gasteiger partial charge in [-0.15, -0.1) is 0 Å². The van der Waals surface area contributed by atoms with Crippen molar-refractivity contribution in [2.75, 3.05) is 13.1 Å². The van der Waals surface area contributed by atoms with Gasteiger partial charge in [-0.25, -0.2) is 0 Å². The third-order valence-electron chi connectivity index (χ3n) is 8.32. The van der Waals surface area contributed by atoms with E-state index in [9.17, 15) is 0 Å². The second kappa shape index (κ2) is 26.0. The van der Waals surface area contributed by atoms with Crippen LogP contribution < -0.4 is 0 Å². The summed E-state index contributed by atoms with van der Waals surface area (Å²) in [7, 11) is 0. The van der Waals surface area contributed by atoms with Crippen LogP contribution in [0.4, 0.5) is 0 Å². The zero-order chi connectivity index (χ0) is 25.9. The van der Waals surface area contributed by atoms with Crippen LogP contribution in [0.25, 0.3) is 0 Å². The van der Waals surface area contributed by atoms with Crippen LogP contribution in [0.15, 0.2) is 12.4 Å². The van der Waals surface area contributed by atoms with E-state index in [-0.39, 0.29) is 0 Å². The highest BCUT2D eigenvalue weighted by Gasteiger charge is 2.24. The molecule has 0 aromatic heterocycles. The molecule has 36 heavy (non-hydrogen) atoms.